The molecule has 67 heavy (non-hydrogen) atoms. The number of halogens is 1. The highest BCUT2D eigenvalue weighted by atomic mass is 35.5. The lowest BCUT2D eigenvalue weighted by molar-refractivity contribution is 1.29. The van der Waals surface area contributed by atoms with Crippen LogP contribution in [0.4, 0.5) is 0 Å². The highest BCUT2D eigenvalue weighted by molar-refractivity contribution is 6.70. The smallest absolute Gasteiger partial charge is 0.139 e. The SMILES string of the molecule is Bc1c(B)c(B)c(-c2cnc(-c3ccc(-c4ccccc4-c4cc(Cl)cc(-c5ccccc5-c5ccc(-c6cc(C)c(-c7c(B)c(B)c(B)c(B)c7B)cn6)cc5)c4)cc3)cc2C)c(B)c1B. The fourth-order valence-electron chi connectivity index (χ4n) is 10.3. The molecule has 0 atom stereocenters. The lowest BCUT2D eigenvalue weighted by Gasteiger charge is -2.21. The van der Waals surface area contributed by atoms with E-state index in [1.54, 1.807) is 0 Å². The number of aromatic nitrogens is 2. The molecule has 13 heteroatoms. The molecule has 0 saturated heterocycles. The van der Waals surface area contributed by atoms with E-state index in [1.807, 2.05) is 0 Å². The van der Waals surface area contributed by atoms with Gasteiger partial charge >= 0.3 is 0 Å². The standard InChI is InChI=1S/C54H49B10ClN2/c1-26-19-41(66-24-39(26)43-45(55)49(59)53(63)50(60)46(43)56)30-15-11-28(12-16-30)35-7-3-5-9-37(35)32-21-33(23-34(65)22-32)38-10-6-4-8-36(38)29-13-17-31(18-14-29)42-20-27(2)40(25-67-42)44-47(57)51(61)54(64)52(62)48(44)58/h3-25H,55-64H2,1-2H3. The first kappa shape index (κ1) is 45.9. The molecule has 0 N–H and O–H groups in total. The molecule has 2 nitrogen and oxygen atoms in total. The number of benzene rings is 7. The summed E-state index contributed by atoms with van der Waals surface area (Å²) in [7, 11) is 22.4. The summed E-state index contributed by atoms with van der Waals surface area (Å²) in [6.07, 6.45) is 4.13. The monoisotopic (exact) mass is 870 g/mol. The second-order valence-corrected chi connectivity index (χ2v) is 19.2. The number of aryl methyl sites for hydroxylation is 2. The highest BCUT2D eigenvalue weighted by Crippen LogP contribution is 2.40. The van der Waals surface area contributed by atoms with Crippen molar-refractivity contribution in [1.82, 2.24) is 9.97 Å². The Balaban J connectivity index is 0.995. The molecule has 0 saturated carbocycles. The Labute approximate surface area is 411 Å². The molecule has 2 heterocycles. The third-order valence-corrected chi connectivity index (χ3v) is 15.3. The molecule has 0 unspecified atom stereocenters. The predicted octanol–water partition coefficient (Wildman–Crippen LogP) is -2.33. The van der Waals surface area contributed by atoms with Gasteiger partial charge in [0.25, 0.3) is 0 Å². The Bertz CT molecular complexity index is 3160. The average Bonchev–Trinajstić information content (AvgIpc) is 3.34. The van der Waals surface area contributed by atoms with Crippen LogP contribution in [0, 0.1) is 13.8 Å². The molecular formula is C54H49B10ClN2. The maximum Gasteiger partial charge on any atom is 0.139 e. The van der Waals surface area contributed by atoms with Crippen molar-refractivity contribution in [3.05, 3.63) is 156 Å². The Kier molecular flexibility index (Phi) is 12.6. The molecule has 9 aromatic rings. The summed E-state index contributed by atoms with van der Waals surface area (Å²) in [4.78, 5) is 10.0. The van der Waals surface area contributed by atoms with E-state index in [-0.39, 0.29) is 0 Å². The van der Waals surface area contributed by atoms with Gasteiger partial charge in [0.15, 0.2) is 0 Å². The minimum absolute atomic E-state index is 0.695. The minimum atomic E-state index is 0.695. The van der Waals surface area contributed by atoms with Crippen molar-refractivity contribution in [3.63, 3.8) is 0 Å². The van der Waals surface area contributed by atoms with Crippen molar-refractivity contribution in [2.45, 2.75) is 13.8 Å². The average molecular weight is 870 g/mol. The van der Waals surface area contributed by atoms with E-state index in [1.165, 1.54) is 88.0 Å². The van der Waals surface area contributed by atoms with Gasteiger partial charge < -0.3 is 0 Å². The van der Waals surface area contributed by atoms with Gasteiger partial charge in [0.05, 0.1) is 11.4 Å². The summed E-state index contributed by atoms with van der Waals surface area (Å²) >= 11 is 7.01. The van der Waals surface area contributed by atoms with Crippen LogP contribution in [0.1, 0.15) is 11.1 Å². The first-order valence-corrected chi connectivity index (χ1v) is 23.8. The summed E-state index contributed by atoms with van der Waals surface area (Å²) in [6, 6.07) is 45.7. The van der Waals surface area contributed by atoms with E-state index in [0.29, 0.717) is 5.02 Å². The summed E-state index contributed by atoms with van der Waals surface area (Å²) < 4.78 is 0. The molecule has 0 amide bonds. The van der Waals surface area contributed by atoms with Crippen LogP contribution in [-0.4, -0.2) is 88.4 Å². The van der Waals surface area contributed by atoms with Crippen molar-refractivity contribution in [1.29, 1.82) is 0 Å². The number of nitrogens with zero attached hydrogens (tertiary/aromatic N) is 2. The van der Waals surface area contributed by atoms with Gasteiger partial charge in [-0.25, -0.2) is 0 Å². The van der Waals surface area contributed by atoms with Crippen LogP contribution < -0.4 is 54.6 Å². The summed E-state index contributed by atoms with van der Waals surface area (Å²) in [6.45, 7) is 4.41. The van der Waals surface area contributed by atoms with Crippen LogP contribution in [0.5, 0.6) is 0 Å². The van der Waals surface area contributed by atoms with Gasteiger partial charge in [0.2, 0.25) is 0 Å². The quantitative estimate of drug-likeness (QED) is 0.161. The second kappa shape index (κ2) is 18.5. The Hall–Kier alpha value is -6.22. The molecule has 0 aliphatic carbocycles. The summed E-state index contributed by atoms with van der Waals surface area (Å²) in [5.41, 5.74) is 34.1. The molecule has 0 fully saturated rings. The van der Waals surface area contributed by atoms with Crippen molar-refractivity contribution in [3.8, 4) is 89.3 Å². The first-order valence-electron chi connectivity index (χ1n) is 23.4. The molecule has 0 aliphatic heterocycles. The van der Waals surface area contributed by atoms with Gasteiger partial charge in [-0.15, -0.1) is 32.8 Å². The van der Waals surface area contributed by atoms with E-state index in [9.17, 15) is 0 Å². The normalized spacial score (nSPS) is 11.2. The third-order valence-electron chi connectivity index (χ3n) is 15.1. The minimum Gasteiger partial charge on any atom is -0.256 e. The maximum atomic E-state index is 7.01. The molecule has 0 spiro atoms. The Morgan fingerprint density at radius 3 is 0.910 bits per heavy atom. The van der Waals surface area contributed by atoms with Gasteiger partial charge in [0.1, 0.15) is 78.5 Å². The van der Waals surface area contributed by atoms with Gasteiger partial charge in [0, 0.05) is 39.7 Å². The van der Waals surface area contributed by atoms with Crippen LogP contribution in [0.2, 0.25) is 5.02 Å². The molecular weight excluding hydrogens is 820 g/mol. The van der Waals surface area contributed by atoms with Crippen LogP contribution in [0.25, 0.3) is 89.3 Å². The van der Waals surface area contributed by atoms with Crippen molar-refractivity contribution < 1.29 is 0 Å². The number of pyridine rings is 2. The lowest BCUT2D eigenvalue weighted by Crippen LogP contribution is -2.55. The molecule has 9 rings (SSSR count). The van der Waals surface area contributed by atoms with E-state index in [0.717, 1.165) is 67.0 Å². The molecule has 0 radical (unpaired) electrons. The van der Waals surface area contributed by atoms with E-state index in [4.69, 9.17) is 21.6 Å². The Morgan fingerprint density at radius 2 is 0.597 bits per heavy atom. The zero-order valence-electron chi connectivity index (χ0n) is 41.1. The van der Waals surface area contributed by atoms with Crippen LogP contribution >= 0.6 is 11.6 Å². The molecule has 7 aromatic carbocycles. The van der Waals surface area contributed by atoms with Crippen LogP contribution in [0.3, 0.4) is 0 Å². The van der Waals surface area contributed by atoms with Gasteiger partial charge in [-0.1, -0.05) is 131 Å². The number of rotatable bonds is 8. The van der Waals surface area contributed by atoms with Crippen molar-refractivity contribution in [2.75, 3.05) is 0 Å². The molecule has 0 bridgehead atoms. The third kappa shape index (κ3) is 8.44. The maximum absolute atomic E-state index is 7.01. The van der Waals surface area contributed by atoms with Gasteiger partial charge in [-0.05, 0) is 111 Å². The topological polar surface area (TPSA) is 25.8 Å². The van der Waals surface area contributed by atoms with E-state index < -0.39 is 0 Å². The molecule has 0 aliphatic rings. The number of hydrogen-bond acceptors (Lipinski definition) is 2. The van der Waals surface area contributed by atoms with Gasteiger partial charge in [-0.2, -0.15) is 0 Å². The molecule has 2 aromatic heterocycles. The van der Waals surface area contributed by atoms with Crippen LogP contribution in [0.15, 0.2) is 140 Å². The first-order chi connectivity index (χ1) is 32.1. The predicted molar refractivity (Wildman–Crippen MR) is 322 cm³/mol. The van der Waals surface area contributed by atoms with Crippen LogP contribution in [-0.2, 0) is 0 Å². The van der Waals surface area contributed by atoms with Crippen molar-refractivity contribution in [2.24, 2.45) is 0 Å². The Morgan fingerprint density at radius 1 is 0.313 bits per heavy atom. The van der Waals surface area contributed by atoms with E-state index >= 15 is 0 Å². The summed E-state index contributed by atoms with van der Waals surface area (Å²) in [5.74, 6) is 0. The number of hydrogen-bond donors (Lipinski definition) is 0. The fourth-order valence-corrected chi connectivity index (χ4v) is 10.5. The van der Waals surface area contributed by atoms with E-state index in [2.05, 4.69) is 232 Å². The second-order valence-electron chi connectivity index (χ2n) is 18.7. The summed E-state index contributed by atoms with van der Waals surface area (Å²) in [5, 5.41) is 0.695. The zero-order chi connectivity index (χ0) is 47.4. The fraction of sp³-hybridized carbons (Fsp3) is 0.0370. The lowest BCUT2D eigenvalue weighted by atomic mass is 9.59. The zero-order valence-corrected chi connectivity index (χ0v) is 41.8. The van der Waals surface area contributed by atoms with Crippen molar-refractivity contribution >= 4 is 145 Å². The highest BCUT2D eigenvalue weighted by Gasteiger charge is 2.19. The largest absolute Gasteiger partial charge is 0.256 e. The molecule has 312 valence electrons. The van der Waals surface area contributed by atoms with Gasteiger partial charge in [-0.3, -0.25) is 9.97 Å².